The second-order valence-corrected chi connectivity index (χ2v) is 4.43. The van der Waals surface area contributed by atoms with Crippen LogP contribution in [0.25, 0.3) is 0 Å². The number of alkyl halides is 1. The quantitative estimate of drug-likeness (QED) is 0.434. The van der Waals surface area contributed by atoms with Crippen LogP contribution in [0, 0.1) is 0 Å². The van der Waals surface area contributed by atoms with E-state index in [1.165, 1.54) is 18.5 Å². The molecule has 0 atom stereocenters. The second kappa shape index (κ2) is 2.48. The number of rotatable bonds is 2. The van der Waals surface area contributed by atoms with Crippen molar-refractivity contribution >= 4 is 0 Å². The van der Waals surface area contributed by atoms with Crippen molar-refractivity contribution in [3.8, 4) is 0 Å². The van der Waals surface area contributed by atoms with E-state index < -0.39 is 0 Å². The van der Waals surface area contributed by atoms with Gasteiger partial charge in [-0.3, -0.25) is 0 Å². The number of aromatic nitrogens is 3. The first-order valence-corrected chi connectivity index (χ1v) is 6.45. The van der Waals surface area contributed by atoms with Crippen molar-refractivity contribution in [3.63, 3.8) is 0 Å². The van der Waals surface area contributed by atoms with Crippen LogP contribution in [0.4, 0.5) is 0 Å². The van der Waals surface area contributed by atoms with Crippen LogP contribution in [0.1, 0.15) is 24.5 Å². The standard InChI is InChI=1S/C6H9IN3/c1-7-10-4-6(8-9-10)5-2-3-5/h4-5H,2-3H2,1H3/q-1. The second-order valence-electron chi connectivity index (χ2n) is 2.48. The summed E-state index contributed by atoms with van der Waals surface area (Å²) < 4.78 is 1.99. The molecule has 0 bridgehead atoms. The Morgan fingerprint density at radius 2 is 2.50 bits per heavy atom. The zero-order valence-corrected chi connectivity index (χ0v) is 7.95. The third kappa shape index (κ3) is 1.16. The van der Waals surface area contributed by atoms with E-state index in [1.807, 2.05) is 2.90 Å². The summed E-state index contributed by atoms with van der Waals surface area (Å²) in [7, 11) is 0. The predicted molar refractivity (Wildman–Crippen MR) is 33.3 cm³/mol. The Hall–Kier alpha value is -0.130. The molecule has 0 amide bonds. The van der Waals surface area contributed by atoms with Crippen LogP contribution in [0.2, 0.25) is 0 Å². The third-order valence-electron chi connectivity index (χ3n) is 1.65. The van der Waals surface area contributed by atoms with Gasteiger partial charge in [0.2, 0.25) is 0 Å². The Morgan fingerprint density at radius 1 is 1.70 bits per heavy atom. The number of hydrogen-bond acceptors (Lipinski definition) is 2. The molecule has 4 heteroatoms. The molecule has 56 valence electrons. The first kappa shape index (κ1) is 6.57. The van der Waals surface area contributed by atoms with Gasteiger partial charge < -0.3 is 0 Å². The molecule has 2 rings (SSSR count). The van der Waals surface area contributed by atoms with Crippen LogP contribution >= 0.6 is 0 Å². The molecule has 0 spiro atoms. The van der Waals surface area contributed by atoms with Crippen molar-refractivity contribution in [2.24, 2.45) is 0 Å². The molecule has 0 aliphatic heterocycles. The van der Waals surface area contributed by atoms with Crippen molar-refractivity contribution in [3.05, 3.63) is 11.9 Å². The molecule has 0 aromatic carbocycles. The summed E-state index contributed by atoms with van der Waals surface area (Å²) in [4.78, 5) is 2.18. The molecule has 1 saturated carbocycles. The maximum absolute atomic E-state index is 4.09. The first-order valence-electron chi connectivity index (χ1n) is 3.32. The Balaban J connectivity index is 2.19. The van der Waals surface area contributed by atoms with E-state index in [0.717, 1.165) is 5.92 Å². The molecule has 1 aromatic rings. The summed E-state index contributed by atoms with van der Waals surface area (Å²) >= 11 is 0.0755. The van der Waals surface area contributed by atoms with Crippen molar-refractivity contribution in [2.45, 2.75) is 18.8 Å². The van der Waals surface area contributed by atoms with Gasteiger partial charge in [0.1, 0.15) is 0 Å². The molecule has 1 fully saturated rings. The first-order chi connectivity index (χ1) is 4.90. The third-order valence-corrected chi connectivity index (χ3v) is 3.11. The summed E-state index contributed by atoms with van der Waals surface area (Å²) in [6.07, 6.45) is 4.74. The van der Waals surface area contributed by atoms with Gasteiger partial charge in [-0.25, -0.2) is 0 Å². The van der Waals surface area contributed by atoms with Crippen molar-refractivity contribution in [1.82, 2.24) is 13.2 Å². The van der Waals surface area contributed by atoms with Crippen LogP contribution in [0.3, 0.4) is 0 Å². The van der Waals surface area contributed by atoms with Gasteiger partial charge >= 0.3 is 70.3 Å². The molecule has 10 heavy (non-hydrogen) atoms. The fourth-order valence-electron chi connectivity index (χ4n) is 0.904. The van der Waals surface area contributed by atoms with Crippen molar-refractivity contribution < 1.29 is 21.5 Å². The summed E-state index contributed by atoms with van der Waals surface area (Å²) in [5.74, 6) is 0.754. The molecule has 1 aliphatic rings. The van der Waals surface area contributed by atoms with E-state index in [9.17, 15) is 0 Å². The molecule has 1 aromatic heterocycles. The molecule has 0 saturated heterocycles. The minimum atomic E-state index is 0.0755. The fourth-order valence-corrected chi connectivity index (χ4v) is 1.76. The molecule has 0 radical (unpaired) electrons. The summed E-state index contributed by atoms with van der Waals surface area (Å²) in [5, 5.41) is 8.10. The minimum absolute atomic E-state index is 0.0755. The fraction of sp³-hybridized carbons (Fsp3) is 0.667. The number of nitrogens with zero attached hydrogens (tertiary/aromatic N) is 3. The van der Waals surface area contributed by atoms with Crippen molar-refractivity contribution in [1.29, 1.82) is 0 Å². The van der Waals surface area contributed by atoms with E-state index in [-0.39, 0.29) is 21.5 Å². The van der Waals surface area contributed by atoms with Gasteiger partial charge in [0.15, 0.2) is 0 Å². The Bertz CT molecular complexity index is 229. The average molecular weight is 250 g/mol. The van der Waals surface area contributed by atoms with Gasteiger partial charge in [0, 0.05) is 0 Å². The van der Waals surface area contributed by atoms with Gasteiger partial charge in [-0.15, -0.1) is 0 Å². The molecular weight excluding hydrogens is 241 g/mol. The summed E-state index contributed by atoms with van der Waals surface area (Å²) in [5.41, 5.74) is 1.21. The SMILES string of the molecule is C[I-]n1cc(C2CC2)nn1. The maximum atomic E-state index is 4.09. The summed E-state index contributed by atoms with van der Waals surface area (Å²) in [6.45, 7) is 0. The Kier molecular flexibility index (Phi) is 1.63. The summed E-state index contributed by atoms with van der Waals surface area (Å²) in [6, 6.07) is 0. The normalized spacial score (nSPS) is 18.1. The van der Waals surface area contributed by atoms with Gasteiger partial charge in [-0.05, 0) is 0 Å². The number of halogens is 1. The van der Waals surface area contributed by atoms with Gasteiger partial charge in [-0.2, -0.15) is 0 Å². The van der Waals surface area contributed by atoms with Crippen LogP contribution < -0.4 is 21.5 Å². The Labute approximate surface area is 70.4 Å². The Morgan fingerprint density at radius 3 is 3.00 bits per heavy atom. The molecule has 0 N–H and O–H groups in total. The van der Waals surface area contributed by atoms with Crippen LogP contribution in [0.15, 0.2) is 6.20 Å². The zero-order valence-electron chi connectivity index (χ0n) is 5.79. The predicted octanol–water partition coefficient (Wildman–Crippen LogP) is -2.36. The van der Waals surface area contributed by atoms with E-state index in [1.54, 1.807) is 0 Å². The van der Waals surface area contributed by atoms with E-state index >= 15 is 0 Å². The molecule has 0 unspecified atom stereocenters. The van der Waals surface area contributed by atoms with Gasteiger partial charge in [0.05, 0.1) is 0 Å². The topological polar surface area (TPSA) is 30.7 Å². The number of hydrogen-bond donors (Lipinski definition) is 0. The van der Waals surface area contributed by atoms with E-state index in [2.05, 4.69) is 21.4 Å². The average Bonchev–Trinajstić information content (AvgIpc) is 2.70. The van der Waals surface area contributed by atoms with Crippen LogP contribution in [-0.2, 0) is 0 Å². The van der Waals surface area contributed by atoms with Crippen molar-refractivity contribution in [2.75, 3.05) is 4.93 Å². The van der Waals surface area contributed by atoms with Gasteiger partial charge in [-0.1, -0.05) is 0 Å². The monoisotopic (exact) mass is 250 g/mol. The molecule has 3 nitrogen and oxygen atoms in total. The van der Waals surface area contributed by atoms with E-state index in [4.69, 9.17) is 0 Å². The van der Waals surface area contributed by atoms with Crippen LogP contribution in [-0.4, -0.2) is 18.1 Å². The van der Waals surface area contributed by atoms with Gasteiger partial charge in [0.25, 0.3) is 0 Å². The molecule has 1 heterocycles. The van der Waals surface area contributed by atoms with Crippen LogP contribution in [0.5, 0.6) is 0 Å². The van der Waals surface area contributed by atoms with E-state index in [0.29, 0.717) is 0 Å². The molecular formula is C6H9IN3-. The molecule has 1 aliphatic carbocycles. The zero-order chi connectivity index (χ0) is 6.97.